The highest BCUT2D eigenvalue weighted by atomic mass is 79.9. The minimum Gasteiger partial charge on any atom is -0.373 e. The van der Waals surface area contributed by atoms with E-state index in [1.165, 1.54) is 25.3 Å². The molecule has 0 radical (unpaired) electrons. The molecule has 2 nitrogen and oxygen atoms in total. The molecule has 1 fully saturated rings. The van der Waals surface area contributed by atoms with E-state index in [9.17, 15) is 4.39 Å². The molecule has 112 valence electrons. The van der Waals surface area contributed by atoms with Gasteiger partial charge in [0.25, 0.3) is 0 Å². The van der Waals surface area contributed by atoms with Crippen molar-refractivity contribution in [3.8, 4) is 0 Å². The first-order valence-corrected chi connectivity index (χ1v) is 8.28. The molecule has 1 N–H and O–H groups in total. The van der Waals surface area contributed by atoms with Gasteiger partial charge in [0.15, 0.2) is 0 Å². The number of ether oxygens (including phenoxy) is 1. The van der Waals surface area contributed by atoms with Crippen molar-refractivity contribution in [1.29, 1.82) is 0 Å². The van der Waals surface area contributed by atoms with E-state index in [0.29, 0.717) is 23.2 Å². The summed E-state index contributed by atoms with van der Waals surface area (Å²) in [4.78, 5) is 0. The van der Waals surface area contributed by atoms with E-state index in [4.69, 9.17) is 4.74 Å². The first kappa shape index (κ1) is 15.9. The number of halogens is 2. The Labute approximate surface area is 129 Å². The minimum atomic E-state index is -0.224. The molecule has 0 heterocycles. The molecule has 0 atom stereocenters. The van der Waals surface area contributed by atoms with Crippen LogP contribution in [0.2, 0.25) is 0 Å². The van der Waals surface area contributed by atoms with Crippen LogP contribution in [0.5, 0.6) is 0 Å². The van der Waals surface area contributed by atoms with Gasteiger partial charge < -0.3 is 10.1 Å². The van der Waals surface area contributed by atoms with Crippen molar-refractivity contribution in [1.82, 2.24) is 5.32 Å². The molecule has 0 amide bonds. The van der Waals surface area contributed by atoms with E-state index < -0.39 is 0 Å². The molecule has 0 aromatic heterocycles. The highest BCUT2D eigenvalue weighted by Crippen LogP contribution is 2.25. The SMILES string of the molecule is CCCNC1CCC(OCc2cccc(F)c2Br)CC1. The van der Waals surface area contributed by atoms with Crippen LogP contribution >= 0.6 is 15.9 Å². The summed E-state index contributed by atoms with van der Waals surface area (Å²) in [5, 5.41) is 3.57. The van der Waals surface area contributed by atoms with Gasteiger partial charge >= 0.3 is 0 Å². The third-order valence-corrected chi connectivity index (χ3v) is 4.75. The van der Waals surface area contributed by atoms with Gasteiger partial charge in [0.2, 0.25) is 0 Å². The summed E-state index contributed by atoms with van der Waals surface area (Å²) in [5.41, 5.74) is 0.885. The van der Waals surface area contributed by atoms with Gasteiger partial charge in [0.1, 0.15) is 5.82 Å². The zero-order valence-electron chi connectivity index (χ0n) is 12.0. The topological polar surface area (TPSA) is 21.3 Å². The van der Waals surface area contributed by atoms with E-state index in [1.54, 1.807) is 6.07 Å². The van der Waals surface area contributed by atoms with Gasteiger partial charge in [-0.3, -0.25) is 0 Å². The van der Waals surface area contributed by atoms with Gasteiger partial charge in [-0.05, 0) is 66.2 Å². The number of hydrogen-bond donors (Lipinski definition) is 1. The molecule has 1 aromatic rings. The normalized spacial score (nSPS) is 22.9. The highest BCUT2D eigenvalue weighted by Gasteiger charge is 2.21. The van der Waals surface area contributed by atoms with Crippen molar-refractivity contribution in [2.75, 3.05) is 6.54 Å². The summed E-state index contributed by atoms with van der Waals surface area (Å²) >= 11 is 3.28. The second kappa shape index (κ2) is 8.11. The molecular weight excluding hydrogens is 321 g/mol. The van der Waals surface area contributed by atoms with Crippen molar-refractivity contribution < 1.29 is 9.13 Å². The predicted octanol–water partition coefficient (Wildman–Crippen LogP) is 4.42. The third kappa shape index (κ3) is 4.54. The Morgan fingerprint density at radius 2 is 2.05 bits per heavy atom. The van der Waals surface area contributed by atoms with E-state index in [2.05, 4.69) is 28.2 Å². The molecule has 0 spiro atoms. The maximum absolute atomic E-state index is 13.4. The minimum absolute atomic E-state index is 0.224. The fraction of sp³-hybridized carbons (Fsp3) is 0.625. The lowest BCUT2D eigenvalue weighted by atomic mass is 9.93. The molecule has 20 heavy (non-hydrogen) atoms. The number of rotatable bonds is 6. The van der Waals surface area contributed by atoms with E-state index in [0.717, 1.165) is 24.9 Å². The first-order valence-electron chi connectivity index (χ1n) is 7.48. The van der Waals surface area contributed by atoms with Crippen LogP contribution in [-0.4, -0.2) is 18.7 Å². The van der Waals surface area contributed by atoms with Gasteiger partial charge in [0, 0.05) is 6.04 Å². The van der Waals surface area contributed by atoms with Crippen LogP contribution in [0.3, 0.4) is 0 Å². The van der Waals surface area contributed by atoms with Crippen molar-refractivity contribution in [3.63, 3.8) is 0 Å². The summed E-state index contributed by atoms with van der Waals surface area (Å²) in [6, 6.07) is 5.74. The van der Waals surface area contributed by atoms with Crippen LogP contribution in [0, 0.1) is 5.82 Å². The second-order valence-corrected chi connectivity index (χ2v) is 6.24. The van der Waals surface area contributed by atoms with Gasteiger partial charge in [-0.1, -0.05) is 19.1 Å². The fourth-order valence-corrected chi connectivity index (χ4v) is 3.03. The van der Waals surface area contributed by atoms with Crippen molar-refractivity contribution in [3.05, 3.63) is 34.1 Å². The molecule has 0 unspecified atom stereocenters. The number of hydrogen-bond acceptors (Lipinski definition) is 2. The molecule has 1 aliphatic rings. The molecule has 1 aromatic carbocycles. The number of nitrogens with one attached hydrogen (secondary N) is 1. The smallest absolute Gasteiger partial charge is 0.137 e. The van der Waals surface area contributed by atoms with E-state index in [1.807, 2.05) is 6.07 Å². The van der Waals surface area contributed by atoms with Crippen molar-refractivity contribution >= 4 is 15.9 Å². The van der Waals surface area contributed by atoms with Crippen LogP contribution in [-0.2, 0) is 11.3 Å². The molecular formula is C16H23BrFNO. The monoisotopic (exact) mass is 343 g/mol. The maximum atomic E-state index is 13.4. The summed E-state index contributed by atoms with van der Waals surface area (Å²) < 4.78 is 19.9. The second-order valence-electron chi connectivity index (χ2n) is 5.45. The highest BCUT2D eigenvalue weighted by molar-refractivity contribution is 9.10. The zero-order valence-corrected chi connectivity index (χ0v) is 13.6. The van der Waals surface area contributed by atoms with Gasteiger partial charge in [-0.15, -0.1) is 0 Å². The standard InChI is InChI=1S/C16H23BrFNO/c1-2-10-19-13-6-8-14(9-7-13)20-11-12-4-3-5-15(18)16(12)17/h3-5,13-14,19H,2,6-11H2,1H3. The Kier molecular flexibility index (Phi) is 6.46. The Hall–Kier alpha value is -0.450. The summed E-state index contributed by atoms with van der Waals surface area (Å²) in [6.07, 6.45) is 6.03. The molecule has 1 aliphatic carbocycles. The van der Waals surface area contributed by atoms with Crippen LogP contribution in [0.1, 0.15) is 44.6 Å². The lowest BCUT2D eigenvalue weighted by Crippen LogP contribution is -2.35. The molecule has 2 rings (SSSR count). The van der Waals surface area contributed by atoms with Gasteiger partial charge in [-0.25, -0.2) is 4.39 Å². The average Bonchev–Trinajstić information content (AvgIpc) is 2.48. The lowest BCUT2D eigenvalue weighted by Gasteiger charge is -2.29. The molecule has 1 saturated carbocycles. The Bertz CT molecular complexity index is 419. The Morgan fingerprint density at radius 1 is 1.30 bits per heavy atom. The van der Waals surface area contributed by atoms with Crippen LogP contribution in [0.25, 0.3) is 0 Å². The predicted molar refractivity (Wildman–Crippen MR) is 83.2 cm³/mol. The van der Waals surface area contributed by atoms with Crippen molar-refractivity contribution in [2.45, 2.75) is 57.8 Å². The molecule has 0 saturated heterocycles. The summed E-state index contributed by atoms with van der Waals surface area (Å²) in [5.74, 6) is -0.224. The Balaban J connectivity index is 1.74. The van der Waals surface area contributed by atoms with E-state index >= 15 is 0 Å². The molecule has 0 bridgehead atoms. The van der Waals surface area contributed by atoms with Crippen LogP contribution in [0.4, 0.5) is 4.39 Å². The fourth-order valence-electron chi connectivity index (χ4n) is 2.65. The molecule has 4 heteroatoms. The van der Waals surface area contributed by atoms with E-state index in [-0.39, 0.29) is 5.82 Å². The van der Waals surface area contributed by atoms with Crippen LogP contribution in [0.15, 0.2) is 22.7 Å². The Morgan fingerprint density at radius 3 is 2.75 bits per heavy atom. The average molecular weight is 344 g/mol. The zero-order chi connectivity index (χ0) is 14.4. The molecule has 0 aliphatic heterocycles. The van der Waals surface area contributed by atoms with Gasteiger partial charge in [0.05, 0.1) is 17.2 Å². The number of benzene rings is 1. The van der Waals surface area contributed by atoms with Crippen LogP contribution < -0.4 is 5.32 Å². The van der Waals surface area contributed by atoms with Crippen molar-refractivity contribution in [2.24, 2.45) is 0 Å². The quantitative estimate of drug-likeness (QED) is 0.825. The summed E-state index contributed by atoms with van der Waals surface area (Å²) in [7, 11) is 0. The third-order valence-electron chi connectivity index (χ3n) is 3.86. The lowest BCUT2D eigenvalue weighted by molar-refractivity contribution is 0.0110. The first-order chi connectivity index (χ1) is 9.70. The maximum Gasteiger partial charge on any atom is 0.137 e. The largest absolute Gasteiger partial charge is 0.373 e. The van der Waals surface area contributed by atoms with Gasteiger partial charge in [-0.2, -0.15) is 0 Å². The summed E-state index contributed by atoms with van der Waals surface area (Å²) in [6.45, 7) is 3.78.